The number of carbonyl (C=O) groups excluding carboxylic acids is 10. The Morgan fingerprint density at radius 3 is 1.30 bits per heavy atom. The molecule has 0 bridgehead atoms. The van der Waals surface area contributed by atoms with Gasteiger partial charge in [0, 0.05) is 61.0 Å². The van der Waals surface area contributed by atoms with E-state index in [9.17, 15) is 47.9 Å². The molecule has 21 atom stereocenters. The Balaban J connectivity index is 1.34. The molecule has 5 heterocycles. The van der Waals surface area contributed by atoms with Gasteiger partial charge in [0.15, 0.2) is 80.3 Å². The number of ether oxygens (including phenoxy) is 20. The highest BCUT2D eigenvalue weighted by Crippen LogP contribution is 2.43. The lowest BCUT2D eigenvalue weighted by atomic mass is 9.94. The summed E-state index contributed by atoms with van der Waals surface area (Å²) in [6, 6.07) is 23.5. The highest BCUT2D eigenvalue weighted by molar-refractivity contribution is 5.90. The van der Waals surface area contributed by atoms with E-state index in [-0.39, 0.29) is 17.7 Å². The SMILES string of the molecule is C#CCO[C@@H]1O[C@@H]2COC(c3ccccc3)O[C@H]2[C@H](O[C@@H]2O[C@H](COC(C)=O)[C@H](O[C@@H]3O[C@@H](C)[C@H](OC(C)=O)[C@@H](OC(C)=O)[C@H]3OC(C)=O)[C@H](OC(=O)c3ccccc3)[C@H]2OC(=O)c2ccccc2)[C@H]1O[C@@H]1O[C@H](COC(C)=O)[C@@H](OC(C)=O)[C@H](OC(C)=O)[C@H]1OC(C)=O. The summed E-state index contributed by atoms with van der Waals surface area (Å²) in [4.78, 5) is 133. The molecule has 3 aromatic carbocycles. The van der Waals surface area contributed by atoms with Gasteiger partial charge in [0.05, 0.1) is 23.8 Å². The molecule has 0 spiro atoms. The summed E-state index contributed by atoms with van der Waals surface area (Å²) in [5, 5.41) is 0. The second kappa shape index (κ2) is 33.1. The zero-order valence-corrected chi connectivity index (χ0v) is 52.4. The Morgan fingerprint density at radius 2 is 0.809 bits per heavy atom. The van der Waals surface area contributed by atoms with Crippen molar-refractivity contribution in [3.8, 4) is 12.3 Å². The number of hydrogen-bond donors (Lipinski definition) is 0. The van der Waals surface area contributed by atoms with Crippen LogP contribution in [0, 0.1) is 12.3 Å². The number of fused-ring (bicyclic) bond motifs is 1. The van der Waals surface area contributed by atoms with Gasteiger partial charge in [-0.2, -0.15) is 0 Å². The Hall–Kier alpha value is -8.48. The molecule has 0 aliphatic carbocycles. The van der Waals surface area contributed by atoms with Gasteiger partial charge in [-0.15, -0.1) is 6.42 Å². The third-order valence-corrected chi connectivity index (χ3v) is 14.7. The Morgan fingerprint density at radius 1 is 0.415 bits per heavy atom. The molecule has 5 saturated heterocycles. The first kappa shape index (κ1) is 71.4. The van der Waals surface area contributed by atoms with Crippen LogP contribution in [0.3, 0.4) is 0 Å². The monoisotopic (exact) mass is 1320 g/mol. The average Bonchev–Trinajstić information content (AvgIpc) is 0.757. The fourth-order valence-corrected chi connectivity index (χ4v) is 11.0. The normalized spacial score (nSPS) is 32.0. The minimum absolute atomic E-state index is 0.0732. The van der Waals surface area contributed by atoms with Crippen LogP contribution in [-0.2, 0) is 133 Å². The molecule has 1 unspecified atom stereocenters. The number of rotatable bonds is 23. The summed E-state index contributed by atoms with van der Waals surface area (Å²) in [7, 11) is 0. The maximum atomic E-state index is 14.9. The summed E-state index contributed by atoms with van der Waals surface area (Å²) < 4.78 is 124. The lowest BCUT2D eigenvalue weighted by Crippen LogP contribution is -2.70. The maximum Gasteiger partial charge on any atom is 0.338 e. The van der Waals surface area contributed by atoms with Gasteiger partial charge >= 0.3 is 59.7 Å². The maximum absolute atomic E-state index is 14.9. The molecule has 0 N–H and O–H groups in total. The van der Waals surface area contributed by atoms with Crippen molar-refractivity contribution in [2.24, 2.45) is 0 Å². The van der Waals surface area contributed by atoms with Gasteiger partial charge in [-0.1, -0.05) is 72.7 Å². The van der Waals surface area contributed by atoms with E-state index < -0.39 is 209 Å². The Bertz CT molecular complexity index is 3180. The lowest BCUT2D eigenvalue weighted by molar-refractivity contribution is -0.416. The Kier molecular flexibility index (Phi) is 25.1. The molecule has 0 aromatic heterocycles. The molecular weight excluding hydrogens is 1250 g/mol. The zero-order chi connectivity index (χ0) is 67.9. The van der Waals surface area contributed by atoms with Crippen LogP contribution in [0.25, 0.3) is 0 Å². The molecule has 8 rings (SSSR count). The molecule has 30 nitrogen and oxygen atoms in total. The molecule has 3 aromatic rings. The quantitative estimate of drug-likeness (QED) is 0.0748. The van der Waals surface area contributed by atoms with Crippen molar-refractivity contribution in [2.75, 3.05) is 26.4 Å². The number of hydrogen-bond acceptors (Lipinski definition) is 30. The van der Waals surface area contributed by atoms with E-state index in [1.807, 2.05) is 0 Å². The predicted octanol–water partition coefficient (Wildman–Crippen LogP) is 2.99. The highest BCUT2D eigenvalue weighted by Gasteiger charge is 2.62. The summed E-state index contributed by atoms with van der Waals surface area (Å²) >= 11 is 0. The fourth-order valence-electron chi connectivity index (χ4n) is 11.0. The lowest BCUT2D eigenvalue weighted by Gasteiger charge is -2.53. The van der Waals surface area contributed by atoms with Crippen LogP contribution in [0.15, 0.2) is 91.0 Å². The molecule has 5 fully saturated rings. The molecule has 30 heteroatoms. The smallest absolute Gasteiger partial charge is 0.338 e. The molecule has 5 aliphatic heterocycles. The fraction of sp³-hybridized carbons (Fsp3) is 0.531. The largest absolute Gasteiger partial charge is 0.463 e. The summed E-state index contributed by atoms with van der Waals surface area (Å²) in [5.74, 6) is -7.22. The van der Waals surface area contributed by atoms with E-state index >= 15 is 0 Å². The van der Waals surface area contributed by atoms with E-state index in [1.165, 1.54) is 55.5 Å². The van der Waals surface area contributed by atoms with Crippen molar-refractivity contribution in [1.82, 2.24) is 0 Å². The first-order valence-corrected chi connectivity index (χ1v) is 29.7. The van der Waals surface area contributed by atoms with E-state index in [4.69, 9.17) is 101 Å². The van der Waals surface area contributed by atoms with Crippen molar-refractivity contribution < 1.29 is 143 Å². The summed E-state index contributed by atoms with van der Waals surface area (Å²) in [6.07, 6.45) is -30.5. The van der Waals surface area contributed by atoms with E-state index in [2.05, 4.69) is 5.92 Å². The number of carbonyl (C=O) groups is 10. The standard InChI is InChI=1S/C64H72O30/c1-11-27-75-61-54(94-63-56(85-39(10)72)51(83-37(8)70)47(81-35(6)68)43(87-63)28-76-32(3)65)53(49-45(86-61)30-78-60(91-49)42-25-19-14-20-26-42)93-64-57(90-59(74)41-23-17-13-18-24-41)52(89-58(73)40-21-15-12-16-22-40)48(44(88-64)29-77-33(4)66)92-62-55(84-38(9)71)50(82-36(7)69)46(31(2)79-62)80-34(5)67/h1,12-26,31,43-57,60-64H,27-30H2,2-10H3/t31-,43+,44+,45+,46-,47+,48-,49+,50+,51-,52-,53-,54+,55+,56+,57+,60?,61+,62-,63-,64-/m0/s1. The minimum Gasteiger partial charge on any atom is -0.463 e. The van der Waals surface area contributed by atoms with Gasteiger partial charge < -0.3 is 94.7 Å². The van der Waals surface area contributed by atoms with Crippen molar-refractivity contribution >= 4 is 59.7 Å². The van der Waals surface area contributed by atoms with Crippen LogP contribution in [-0.4, -0.2) is 209 Å². The molecule has 0 amide bonds. The summed E-state index contributed by atoms with van der Waals surface area (Å²) in [5.41, 5.74) is 0.323. The molecule has 508 valence electrons. The molecular formula is C64H72O30. The molecule has 0 saturated carbocycles. The average molecular weight is 1320 g/mol. The first-order chi connectivity index (χ1) is 44.9. The highest BCUT2D eigenvalue weighted by atomic mass is 16.8. The summed E-state index contributed by atoms with van der Waals surface area (Å²) in [6.45, 7) is 7.41. The number of terminal acetylenes is 1. The number of esters is 10. The van der Waals surface area contributed by atoms with Gasteiger partial charge in [-0.3, -0.25) is 38.4 Å². The van der Waals surface area contributed by atoms with Crippen molar-refractivity contribution in [3.05, 3.63) is 108 Å². The van der Waals surface area contributed by atoms with Crippen molar-refractivity contribution in [2.45, 2.75) is 191 Å². The van der Waals surface area contributed by atoms with Crippen LogP contribution in [0.5, 0.6) is 0 Å². The van der Waals surface area contributed by atoms with Crippen molar-refractivity contribution in [1.29, 1.82) is 0 Å². The van der Waals surface area contributed by atoms with Crippen LogP contribution < -0.4 is 0 Å². The Labute approximate surface area is 538 Å². The van der Waals surface area contributed by atoms with E-state index in [1.54, 1.807) is 42.5 Å². The van der Waals surface area contributed by atoms with Gasteiger partial charge in [0.25, 0.3) is 0 Å². The zero-order valence-electron chi connectivity index (χ0n) is 52.4. The van der Waals surface area contributed by atoms with Gasteiger partial charge in [-0.25, -0.2) is 9.59 Å². The van der Waals surface area contributed by atoms with E-state index in [0.29, 0.717) is 5.56 Å². The van der Waals surface area contributed by atoms with E-state index in [0.717, 1.165) is 55.4 Å². The molecule has 0 radical (unpaired) electrons. The second-order valence-corrected chi connectivity index (χ2v) is 21.9. The van der Waals surface area contributed by atoms with Crippen LogP contribution in [0.2, 0.25) is 0 Å². The van der Waals surface area contributed by atoms with Crippen molar-refractivity contribution in [3.63, 3.8) is 0 Å². The topological polar surface area (TPSA) is 355 Å². The van der Waals surface area contributed by atoms with Crippen LogP contribution >= 0.6 is 0 Å². The van der Waals surface area contributed by atoms with Gasteiger partial charge in [0.2, 0.25) is 0 Å². The minimum atomic E-state index is -2.14. The van der Waals surface area contributed by atoms with Crippen LogP contribution in [0.1, 0.15) is 94.9 Å². The molecule has 94 heavy (non-hydrogen) atoms. The van der Waals surface area contributed by atoms with Gasteiger partial charge in [-0.05, 0) is 31.2 Å². The van der Waals surface area contributed by atoms with Crippen LogP contribution in [0.4, 0.5) is 0 Å². The first-order valence-electron chi connectivity index (χ1n) is 29.7. The second-order valence-electron chi connectivity index (χ2n) is 21.9. The third-order valence-electron chi connectivity index (χ3n) is 14.7. The third kappa shape index (κ3) is 18.7. The molecule has 5 aliphatic rings. The predicted molar refractivity (Wildman–Crippen MR) is 308 cm³/mol. The van der Waals surface area contributed by atoms with Gasteiger partial charge in [0.1, 0.15) is 62.5 Å². The number of benzene rings is 3.